The van der Waals surface area contributed by atoms with Gasteiger partial charge in [-0.3, -0.25) is 0 Å². The summed E-state index contributed by atoms with van der Waals surface area (Å²) in [6.07, 6.45) is 1.85. The Bertz CT molecular complexity index is 548. The van der Waals surface area contributed by atoms with Gasteiger partial charge in [0, 0.05) is 31.4 Å². The van der Waals surface area contributed by atoms with Crippen LogP contribution < -0.4 is 10.2 Å². The van der Waals surface area contributed by atoms with Crippen molar-refractivity contribution in [2.75, 3.05) is 19.0 Å². The monoisotopic (exact) mass is 269 g/mol. The van der Waals surface area contributed by atoms with Gasteiger partial charge >= 0.3 is 0 Å². The minimum atomic E-state index is 0.291. The zero-order valence-electron chi connectivity index (χ0n) is 12.7. The summed E-state index contributed by atoms with van der Waals surface area (Å²) in [5, 5.41) is 3.28. The molecule has 0 saturated carbocycles. The van der Waals surface area contributed by atoms with Crippen molar-refractivity contribution >= 4 is 5.82 Å². The molecule has 0 aliphatic rings. The number of hydrogen-bond acceptors (Lipinski definition) is 3. The summed E-state index contributed by atoms with van der Waals surface area (Å²) < 4.78 is 0. The van der Waals surface area contributed by atoms with Crippen molar-refractivity contribution in [3.05, 3.63) is 59.3 Å². The second-order valence-corrected chi connectivity index (χ2v) is 5.27. The van der Waals surface area contributed by atoms with E-state index in [0.29, 0.717) is 6.04 Å². The summed E-state index contributed by atoms with van der Waals surface area (Å²) in [6.45, 7) is 5.12. The van der Waals surface area contributed by atoms with Gasteiger partial charge in [-0.1, -0.05) is 35.9 Å². The molecule has 2 rings (SSSR count). The smallest absolute Gasteiger partial charge is 0.133 e. The molecule has 0 radical (unpaired) electrons. The first kappa shape index (κ1) is 14.5. The van der Waals surface area contributed by atoms with Gasteiger partial charge in [0.15, 0.2) is 0 Å². The van der Waals surface area contributed by atoms with Crippen LogP contribution in [0.5, 0.6) is 0 Å². The van der Waals surface area contributed by atoms with E-state index >= 15 is 0 Å². The third-order valence-corrected chi connectivity index (χ3v) is 3.62. The molecule has 0 saturated heterocycles. The molecule has 106 valence electrons. The molecule has 0 bridgehead atoms. The highest BCUT2D eigenvalue weighted by molar-refractivity contribution is 5.48. The minimum absolute atomic E-state index is 0.291. The van der Waals surface area contributed by atoms with Crippen LogP contribution in [-0.4, -0.2) is 19.1 Å². The van der Waals surface area contributed by atoms with Gasteiger partial charge in [0.25, 0.3) is 0 Å². The van der Waals surface area contributed by atoms with Gasteiger partial charge in [0.05, 0.1) is 0 Å². The van der Waals surface area contributed by atoms with Crippen molar-refractivity contribution in [1.29, 1.82) is 0 Å². The van der Waals surface area contributed by atoms with E-state index in [1.165, 1.54) is 16.7 Å². The number of aryl methyl sites for hydroxylation is 1. The van der Waals surface area contributed by atoms with Crippen LogP contribution in [0.2, 0.25) is 0 Å². The maximum atomic E-state index is 4.55. The SMILES string of the molecule is CNC(C)c1cccnc1N(C)Cc1ccc(C)cc1. The van der Waals surface area contributed by atoms with Gasteiger partial charge in [-0.25, -0.2) is 4.98 Å². The molecule has 0 aliphatic heterocycles. The third-order valence-electron chi connectivity index (χ3n) is 3.62. The summed E-state index contributed by atoms with van der Waals surface area (Å²) >= 11 is 0. The molecule has 0 amide bonds. The zero-order valence-corrected chi connectivity index (χ0v) is 12.7. The molecule has 1 N–H and O–H groups in total. The number of nitrogens with zero attached hydrogens (tertiary/aromatic N) is 2. The molecule has 1 aromatic heterocycles. The fourth-order valence-electron chi connectivity index (χ4n) is 2.26. The lowest BCUT2D eigenvalue weighted by molar-refractivity contribution is 0.646. The molecule has 0 aliphatic carbocycles. The maximum Gasteiger partial charge on any atom is 0.133 e. The van der Waals surface area contributed by atoms with Crippen molar-refractivity contribution in [2.24, 2.45) is 0 Å². The highest BCUT2D eigenvalue weighted by Crippen LogP contribution is 2.23. The van der Waals surface area contributed by atoms with Crippen molar-refractivity contribution in [3.8, 4) is 0 Å². The van der Waals surface area contributed by atoms with Crippen LogP contribution in [0.1, 0.15) is 29.7 Å². The van der Waals surface area contributed by atoms with Crippen molar-refractivity contribution in [2.45, 2.75) is 26.4 Å². The summed E-state index contributed by atoms with van der Waals surface area (Å²) in [6, 6.07) is 13.1. The average Bonchev–Trinajstić information content (AvgIpc) is 2.48. The van der Waals surface area contributed by atoms with Gasteiger partial charge in [-0.15, -0.1) is 0 Å². The highest BCUT2D eigenvalue weighted by atomic mass is 15.2. The molecule has 1 unspecified atom stereocenters. The van der Waals surface area contributed by atoms with Crippen molar-refractivity contribution in [3.63, 3.8) is 0 Å². The normalized spacial score (nSPS) is 12.2. The van der Waals surface area contributed by atoms with E-state index in [-0.39, 0.29) is 0 Å². The Kier molecular flexibility index (Phi) is 4.74. The van der Waals surface area contributed by atoms with E-state index < -0.39 is 0 Å². The molecule has 3 nitrogen and oxygen atoms in total. The largest absolute Gasteiger partial charge is 0.355 e. The fraction of sp³-hybridized carbons (Fsp3) is 0.353. The highest BCUT2D eigenvalue weighted by Gasteiger charge is 2.13. The van der Waals surface area contributed by atoms with Crippen molar-refractivity contribution < 1.29 is 0 Å². The number of rotatable bonds is 5. The maximum absolute atomic E-state index is 4.55. The summed E-state index contributed by atoms with van der Waals surface area (Å²) in [4.78, 5) is 6.75. The Morgan fingerprint density at radius 3 is 2.55 bits per heavy atom. The summed E-state index contributed by atoms with van der Waals surface area (Å²) in [7, 11) is 4.06. The summed E-state index contributed by atoms with van der Waals surface area (Å²) in [5.74, 6) is 1.04. The second kappa shape index (κ2) is 6.53. The molecule has 20 heavy (non-hydrogen) atoms. The molecule has 2 aromatic rings. The van der Waals surface area contributed by atoms with E-state index in [0.717, 1.165) is 12.4 Å². The van der Waals surface area contributed by atoms with Crippen LogP contribution in [0.25, 0.3) is 0 Å². The number of hydrogen-bond donors (Lipinski definition) is 1. The van der Waals surface area contributed by atoms with E-state index in [9.17, 15) is 0 Å². The van der Waals surface area contributed by atoms with Crippen LogP contribution in [0.4, 0.5) is 5.82 Å². The molecule has 0 spiro atoms. The Morgan fingerprint density at radius 2 is 1.90 bits per heavy atom. The molecular weight excluding hydrogens is 246 g/mol. The Morgan fingerprint density at radius 1 is 1.20 bits per heavy atom. The first-order valence-corrected chi connectivity index (χ1v) is 7.00. The predicted octanol–water partition coefficient (Wildman–Crippen LogP) is 3.31. The number of benzene rings is 1. The average molecular weight is 269 g/mol. The minimum Gasteiger partial charge on any atom is -0.355 e. The van der Waals surface area contributed by atoms with Gasteiger partial charge in [0.2, 0.25) is 0 Å². The quantitative estimate of drug-likeness (QED) is 0.902. The first-order chi connectivity index (χ1) is 9.61. The van der Waals surface area contributed by atoms with Crippen LogP contribution in [0.3, 0.4) is 0 Å². The van der Waals surface area contributed by atoms with Crippen LogP contribution in [0, 0.1) is 6.92 Å². The second-order valence-electron chi connectivity index (χ2n) is 5.27. The summed E-state index contributed by atoms with van der Waals surface area (Å²) in [5.41, 5.74) is 3.81. The molecule has 3 heteroatoms. The number of nitrogens with one attached hydrogen (secondary N) is 1. The van der Waals surface area contributed by atoms with Crippen LogP contribution in [0.15, 0.2) is 42.6 Å². The van der Waals surface area contributed by atoms with Gasteiger partial charge in [-0.05, 0) is 32.5 Å². The third kappa shape index (κ3) is 3.36. The topological polar surface area (TPSA) is 28.2 Å². The number of aromatic nitrogens is 1. The van der Waals surface area contributed by atoms with E-state index in [2.05, 4.69) is 66.4 Å². The fourth-order valence-corrected chi connectivity index (χ4v) is 2.26. The Labute approximate surface area is 121 Å². The van der Waals surface area contributed by atoms with Gasteiger partial charge in [0.1, 0.15) is 5.82 Å². The number of pyridine rings is 1. The lowest BCUT2D eigenvalue weighted by Gasteiger charge is -2.23. The number of anilines is 1. The zero-order chi connectivity index (χ0) is 14.5. The first-order valence-electron chi connectivity index (χ1n) is 7.00. The van der Waals surface area contributed by atoms with E-state index in [1.807, 2.05) is 19.3 Å². The lowest BCUT2D eigenvalue weighted by atomic mass is 10.1. The molecule has 1 aromatic carbocycles. The van der Waals surface area contributed by atoms with Gasteiger partial charge < -0.3 is 10.2 Å². The molecule has 0 fully saturated rings. The van der Waals surface area contributed by atoms with E-state index in [4.69, 9.17) is 0 Å². The van der Waals surface area contributed by atoms with Crippen LogP contribution in [-0.2, 0) is 6.54 Å². The Hall–Kier alpha value is -1.87. The predicted molar refractivity (Wildman–Crippen MR) is 85.0 cm³/mol. The lowest BCUT2D eigenvalue weighted by Crippen LogP contribution is -2.22. The van der Waals surface area contributed by atoms with E-state index in [1.54, 1.807) is 0 Å². The molecular formula is C17H23N3. The molecule has 1 atom stereocenters. The van der Waals surface area contributed by atoms with Crippen LogP contribution >= 0.6 is 0 Å². The molecule has 1 heterocycles. The van der Waals surface area contributed by atoms with Gasteiger partial charge in [-0.2, -0.15) is 0 Å². The standard InChI is InChI=1S/C17H23N3/c1-13-7-9-15(10-8-13)12-20(4)17-16(14(2)18-3)6-5-11-19-17/h5-11,14,18H,12H2,1-4H3. The van der Waals surface area contributed by atoms with Crippen molar-refractivity contribution in [1.82, 2.24) is 10.3 Å². The Balaban J connectivity index is 2.20.